The van der Waals surface area contributed by atoms with E-state index < -0.39 is 11.1 Å². The van der Waals surface area contributed by atoms with Crippen LogP contribution in [0, 0.1) is 5.41 Å². The molecule has 3 N–H and O–H groups in total. The molecule has 3 nitrogen and oxygen atoms in total. The maximum atomic E-state index is 11.0. The molecule has 0 spiro atoms. The molecule has 0 aromatic carbocycles. The Balaban J connectivity index is 3.15. The van der Waals surface area contributed by atoms with Gasteiger partial charge in [0.05, 0.1) is 0 Å². The summed E-state index contributed by atoms with van der Waals surface area (Å²) in [5, 5.41) is 10.8. The van der Waals surface area contributed by atoms with Crippen molar-refractivity contribution in [3.05, 3.63) is 12.2 Å². The summed E-state index contributed by atoms with van der Waals surface area (Å²) in [6, 6.07) is 0. The Hall–Kier alpha value is -0.670. The minimum atomic E-state index is -1.12. The highest BCUT2D eigenvalue weighted by Crippen LogP contribution is 2.48. The van der Waals surface area contributed by atoms with Crippen LogP contribution < -0.4 is 5.73 Å². The molecule has 3 heteroatoms. The minimum Gasteiger partial charge on any atom is -0.383 e. The van der Waals surface area contributed by atoms with E-state index in [2.05, 4.69) is 0 Å². The third-order valence-electron chi connectivity index (χ3n) is 3.96. The van der Waals surface area contributed by atoms with Gasteiger partial charge in [-0.15, -0.1) is 0 Å². The van der Waals surface area contributed by atoms with E-state index in [-0.39, 0.29) is 11.2 Å². The molecule has 1 saturated carbocycles. The molecule has 0 heterocycles. The molecule has 0 saturated heterocycles. The third-order valence-corrected chi connectivity index (χ3v) is 3.96. The summed E-state index contributed by atoms with van der Waals surface area (Å²) in [7, 11) is 0. The van der Waals surface area contributed by atoms with Crippen molar-refractivity contribution in [2.24, 2.45) is 11.1 Å². The van der Waals surface area contributed by atoms with Crippen LogP contribution in [0.25, 0.3) is 0 Å². The van der Waals surface area contributed by atoms with Crippen LogP contribution in [-0.4, -0.2) is 22.0 Å². The number of ketones is 1. The first kappa shape index (κ1) is 13.4. The number of carbonyl (C=O) groups excluding carboxylic acids is 1. The van der Waals surface area contributed by atoms with Crippen molar-refractivity contribution in [3.8, 4) is 0 Å². The molecule has 2 atom stereocenters. The molecular formula is C13H23NO2. The Labute approximate surface area is 97.7 Å². The van der Waals surface area contributed by atoms with Crippen molar-refractivity contribution >= 4 is 5.78 Å². The van der Waals surface area contributed by atoms with E-state index in [1.807, 2.05) is 20.8 Å². The van der Waals surface area contributed by atoms with E-state index in [1.54, 1.807) is 6.08 Å². The van der Waals surface area contributed by atoms with Gasteiger partial charge in [0.2, 0.25) is 0 Å². The number of hydrogen-bond donors (Lipinski definition) is 2. The highest BCUT2D eigenvalue weighted by Gasteiger charge is 2.54. The number of rotatable bonds is 2. The fraction of sp³-hybridized carbons (Fsp3) is 0.769. The van der Waals surface area contributed by atoms with E-state index in [0.29, 0.717) is 0 Å². The third kappa shape index (κ3) is 2.06. The van der Waals surface area contributed by atoms with Crippen LogP contribution in [0.5, 0.6) is 0 Å². The van der Waals surface area contributed by atoms with Crippen molar-refractivity contribution in [2.45, 2.75) is 58.1 Å². The van der Waals surface area contributed by atoms with Crippen LogP contribution in [0.3, 0.4) is 0 Å². The van der Waals surface area contributed by atoms with E-state index in [1.165, 1.54) is 13.0 Å². The molecule has 92 valence electrons. The molecule has 0 bridgehead atoms. The highest BCUT2D eigenvalue weighted by atomic mass is 16.3. The van der Waals surface area contributed by atoms with Crippen LogP contribution in [-0.2, 0) is 4.79 Å². The Morgan fingerprint density at radius 3 is 2.31 bits per heavy atom. The van der Waals surface area contributed by atoms with Crippen LogP contribution in [0.15, 0.2) is 12.2 Å². The van der Waals surface area contributed by atoms with Crippen molar-refractivity contribution in [2.75, 3.05) is 0 Å². The highest BCUT2D eigenvalue weighted by molar-refractivity contribution is 5.87. The zero-order chi connectivity index (χ0) is 12.6. The van der Waals surface area contributed by atoms with Crippen molar-refractivity contribution in [1.29, 1.82) is 0 Å². The Morgan fingerprint density at radius 1 is 1.31 bits per heavy atom. The van der Waals surface area contributed by atoms with E-state index >= 15 is 0 Å². The van der Waals surface area contributed by atoms with E-state index in [0.717, 1.165) is 19.3 Å². The average Bonchev–Trinajstić information content (AvgIpc) is 2.10. The Bertz CT molecular complexity index is 300. The predicted octanol–water partition coefficient (Wildman–Crippen LogP) is 1.79. The van der Waals surface area contributed by atoms with Gasteiger partial charge in [0.25, 0.3) is 0 Å². The molecule has 16 heavy (non-hydrogen) atoms. The van der Waals surface area contributed by atoms with Crippen LogP contribution in [0.2, 0.25) is 0 Å². The van der Waals surface area contributed by atoms with E-state index in [4.69, 9.17) is 5.73 Å². The summed E-state index contributed by atoms with van der Waals surface area (Å²) in [6.45, 7) is 7.34. The smallest absolute Gasteiger partial charge is 0.152 e. The van der Waals surface area contributed by atoms with Gasteiger partial charge in [0, 0.05) is 5.54 Å². The van der Waals surface area contributed by atoms with Gasteiger partial charge in [-0.05, 0) is 44.3 Å². The monoisotopic (exact) mass is 225 g/mol. The number of aliphatic hydroxyl groups is 1. The maximum Gasteiger partial charge on any atom is 0.152 e. The van der Waals surface area contributed by atoms with Crippen molar-refractivity contribution in [1.82, 2.24) is 0 Å². The second kappa shape index (κ2) is 3.97. The average molecular weight is 225 g/mol. The lowest BCUT2D eigenvalue weighted by atomic mass is 9.57. The second-order valence-corrected chi connectivity index (χ2v) is 5.87. The van der Waals surface area contributed by atoms with Gasteiger partial charge < -0.3 is 10.8 Å². The Morgan fingerprint density at radius 2 is 1.88 bits per heavy atom. The topological polar surface area (TPSA) is 63.3 Å². The SMILES string of the molecule is CC(=O)/C=C/C1(O)C(C)(C)CCCC1(C)N. The number of carbonyl (C=O) groups is 1. The number of allylic oxidation sites excluding steroid dienone is 1. The minimum absolute atomic E-state index is 0.0643. The molecule has 0 aromatic rings. The molecule has 1 aliphatic rings. The standard InChI is InChI=1S/C13H23NO2/c1-10(15)6-9-13(16)11(2,3)7-5-8-12(13,4)14/h6,9,16H,5,7-8,14H2,1-4H3/b9-6+. The zero-order valence-electron chi connectivity index (χ0n) is 10.7. The molecule has 1 rings (SSSR count). The van der Waals surface area contributed by atoms with Crippen LogP contribution in [0.4, 0.5) is 0 Å². The first-order valence-electron chi connectivity index (χ1n) is 5.83. The van der Waals surface area contributed by atoms with Crippen LogP contribution in [0.1, 0.15) is 47.0 Å². The molecule has 1 aliphatic carbocycles. The first-order chi connectivity index (χ1) is 7.12. The molecule has 0 aromatic heterocycles. The van der Waals surface area contributed by atoms with Crippen molar-refractivity contribution < 1.29 is 9.90 Å². The summed E-state index contributed by atoms with van der Waals surface area (Å²) >= 11 is 0. The lowest BCUT2D eigenvalue weighted by Gasteiger charge is -2.54. The van der Waals surface area contributed by atoms with Gasteiger partial charge in [-0.2, -0.15) is 0 Å². The fourth-order valence-corrected chi connectivity index (χ4v) is 2.71. The predicted molar refractivity (Wildman–Crippen MR) is 65.0 cm³/mol. The van der Waals surface area contributed by atoms with Gasteiger partial charge in [0.1, 0.15) is 5.60 Å². The molecular weight excluding hydrogens is 202 g/mol. The number of nitrogens with two attached hydrogens (primary N) is 1. The summed E-state index contributed by atoms with van der Waals surface area (Å²) < 4.78 is 0. The lowest BCUT2D eigenvalue weighted by Crippen LogP contribution is -2.66. The van der Waals surface area contributed by atoms with Gasteiger partial charge >= 0.3 is 0 Å². The van der Waals surface area contributed by atoms with E-state index in [9.17, 15) is 9.90 Å². The maximum absolute atomic E-state index is 11.0. The molecule has 0 radical (unpaired) electrons. The van der Waals surface area contributed by atoms with Crippen molar-refractivity contribution in [3.63, 3.8) is 0 Å². The summed E-state index contributed by atoms with van der Waals surface area (Å²) in [4.78, 5) is 11.0. The zero-order valence-corrected chi connectivity index (χ0v) is 10.7. The van der Waals surface area contributed by atoms with Gasteiger partial charge in [-0.1, -0.05) is 20.3 Å². The summed E-state index contributed by atoms with van der Waals surface area (Å²) in [5.41, 5.74) is 4.10. The quantitative estimate of drug-likeness (QED) is 0.704. The Kier molecular flexibility index (Phi) is 3.32. The molecule has 2 unspecified atom stereocenters. The molecule has 0 aliphatic heterocycles. The van der Waals surface area contributed by atoms with Gasteiger partial charge in [-0.3, -0.25) is 4.79 Å². The fourth-order valence-electron chi connectivity index (χ4n) is 2.71. The molecule has 1 fully saturated rings. The molecule has 0 amide bonds. The summed E-state index contributed by atoms with van der Waals surface area (Å²) in [6.07, 6.45) is 5.72. The normalized spacial score (nSPS) is 38.9. The number of hydrogen-bond acceptors (Lipinski definition) is 3. The second-order valence-electron chi connectivity index (χ2n) is 5.87. The first-order valence-corrected chi connectivity index (χ1v) is 5.83. The van der Waals surface area contributed by atoms with Crippen LogP contribution >= 0.6 is 0 Å². The van der Waals surface area contributed by atoms with Gasteiger partial charge in [-0.25, -0.2) is 0 Å². The largest absolute Gasteiger partial charge is 0.383 e. The van der Waals surface area contributed by atoms with Gasteiger partial charge in [0.15, 0.2) is 5.78 Å². The lowest BCUT2D eigenvalue weighted by molar-refractivity contribution is -0.115. The summed E-state index contributed by atoms with van der Waals surface area (Å²) in [5.74, 6) is -0.0643.